The lowest BCUT2D eigenvalue weighted by atomic mass is 10.0. The van der Waals surface area contributed by atoms with Crippen LogP contribution in [0, 0.1) is 11.6 Å². The molecule has 176 valence electrons. The molecular formula is C23H25F2N3O4S. The summed E-state index contributed by atoms with van der Waals surface area (Å²) in [6.45, 7) is 1.28. The summed E-state index contributed by atoms with van der Waals surface area (Å²) in [6.07, 6.45) is 5.38. The third-order valence-electron chi connectivity index (χ3n) is 6.27. The first-order valence-corrected chi connectivity index (χ1v) is 12.8. The highest BCUT2D eigenvalue weighted by Gasteiger charge is 2.38. The topological polar surface area (TPSA) is 88.6 Å². The third kappa shape index (κ3) is 4.95. The first kappa shape index (κ1) is 22.1. The Labute approximate surface area is 191 Å². The Morgan fingerprint density at radius 3 is 2.58 bits per heavy atom. The largest absolute Gasteiger partial charge is 0.488 e. The number of nitrogens with one attached hydrogen (secondary N) is 1. The predicted molar refractivity (Wildman–Crippen MR) is 118 cm³/mol. The van der Waals surface area contributed by atoms with Gasteiger partial charge in [-0.15, -0.1) is 0 Å². The second kappa shape index (κ2) is 8.55. The van der Waals surface area contributed by atoms with Crippen LogP contribution in [0.25, 0.3) is 0 Å². The Morgan fingerprint density at radius 2 is 1.91 bits per heavy atom. The van der Waals surface area contributed by atoms with Crippen LogP contribution in [0.4, 0.5) is 14.6 Å². The molecule has 1 unspecified atom stereocenters. The average Bonchev–Trinajstić information content (AvgIpc) is 3.67. The van der Waals surface area contributed by atoms with E-state index in [9.17, 15) is 22.0 Å². The fourth-order valence-corrected chi connectivity index (χ4v) is 5.48. The quantitative estimate of drug-likeness (QED) is 0.657. The smallest absolute Gasteiger partial charge is 0.267 e. The van der Waals surface area contributed by atoms with Gasteiger partial charge in [-0.2, -0.15) is 0 Å². The lowest BCUT2D eigenvalue weighted by Gasteiger charge is -2.34. The monoisotopic (exact) mass is 477 g/mol. The predicted octanol–water partition coefficient (Wildman–Crippen LogP) is 3.51. The molecule has 2 heterocycles. The second-order valence-electron chi connectivity index (χ2n) is 8.98. The first-order valence-electron chi connectivity index (χ1n) is 11.2. The van der Waals surface area contributed by atoms with Gasteiger partial charge in [-0.25, -0.2) is 26.9 Å². The maximum Gasteiger partial charge on any atom is 0.267 e. The number of carbonyl (C=O) groups is 1. The van der Waals surface area contributed by atoms with E-state index in [0.717, 1.165) is 37.8 Å². The number of hydrogen-bond donors (Lipinski definition) is 1. The number of rotatable bonds is 7. The molecule has 7 nitrogen and oxygen atoms in total. The van der Waals surface area contributed by atoms with Gasteiger partial charge in [0, 0.05) is 12.6 Å². The minimum absolute atomic E-state index is 0.158. The summed E-state index contributed by atoms with van der Waals surface area (Å²) in [5, 5.41) is -0.570. The molecule has 1 aromatic heterocycles. The van der Waals surface area contributed by atoms with E-state index in [1.807, 2.05) is 9.62 Å². The van der Waals surface area contributed by atoms with Gasteiger partial charge in [0.25, 0.3) is 5.91 Å². The van der Waals surface area contributed by atoms with Crippen molar-refractivity contribution < 1.29 is 26.7 Å². The molecule has 0 radical (unpaired) electrons. The molecule has 1 saturated heterocycles. The van der Waals surface area contributed by atoms with Crippen molar-refractivity contribution in [3.05, 3.63) is 53.2 Å². The van der Waals surface area contributed by atoms with Crippen LogP contribution in [-0.4, -0.2) is 43.8 Å². The van der Waals surface area contributed by atoms with Crippen LogP contribution in [0.15, 0.2) is 30.5 Å². The maximum atomic E-state index is 14.9. The summed E-state index contributed by atoms with van der Waals surface area (Å²) in [6, 6.07) is 5.61. The second-order valence-corrected chi connectivity index (χ2v) is 10.9. The summed E-state index contributed by atoms with van der Waals surface area (Å²) in [7, 11) is -3.77. The van der Waals surface area contributed by atoms with E-state index in [1.165, 1.54) is 24.4 Å². The molecule has 1 atom stereocenters. The zero-order chi connectivity index (χ0) is 23.2. The van der Waals surface area contributed by atoms with Crippen molar-refractivity contribution in [1.29, 1.82) is 0 Å². The minimum atomic E-state index is -3.77. The van der Waals surface area contributed by atoms with Gasteiger partial charge < -0.3 is 9.64 Å². The van der Waals surface area contributed by atoms with E-state index in [0.29, 0.717) is 31.0 Å². The van der Waals surface area contributed by atoms with Crippen LogP contribution < -0.4 is 14.4 Å². The Hall–Kier alpha value is -2.75. The Morgan fingerprint density at radius 1 is 1.12 bits per heavy atom. The Bertz CT molecular complexity index is 1160. The molecule has 10 heteroatoms. The molecule has 5 rings (SSSR count). The van der Waals surface area contributed by atoms with E-state index < -0.39 is 32.8 Å². The van der Waals surface area contributed by atoms with Gasteiger partial charge in [-0.3, -0.25) is 4.79 Å². The van der Waals surface area contributed by atoms with Crippen molar-refractivity contribution >= 4 is 21.7 Å². The molecule has 0 bridgehead atoms. The number of sulfonamides is 1. The van der Waals surface area contributed by atoms with Crippen molar-refractivity contribution in [3.8, 4) is 5.75 Å². The number of hydrogen-bond acceptors (Lipinski definition) is 6. The number of halogens is 2. The molecule has 1 amide bonds. The van der Waals surface area contributed by atoms with E-state index >= 15 is 0 Å². The molecule has 2 aromatic rings. The normalized spacial score (nSPS) is 21.0. The van der Waals surface area contributed by atoms with E-state index in [-0.39, 0.29) is 17.6 Å². The van der Waals surface area contributed by atoms with E-state index in [4.69, 9.17) is 4.74 Å². The number of piperidine rings is 1. The fraction of sp³-hybridized carbons (Fsp3) is 0.478. The van der Waals surface area contributed by atoms with Gasteiger partial charge in [0.2, 0.25) is 10.0 Å². The highest BCUT2D eigenvalue weighted by Crippen LogP contribution is 2.45. The SMILES string of the molecule is O=C(NS(=O)(=O)C1CC1)c1cc(C2CC2)c(OC2CCCN(c3ccc(F)cn3)C2)cc1F. The summed E-state index contributed by atoms with van der Waals surface area (Å²) < 4.78 is 60.5. The highest BCUT2D eigenvalue weighted by atomic mass is 32.2. The number of aromatic nitrogens is 1. The van der Waals surface area contributed by atoms with Gasteiger partial charge in [0.05, 0.1) is 23.6 Å². The number of ether oxygens (including phenoxy) is 1. The number of benzene rings is 1. The van der Waals surface area contributed by atoms with Crippen LogP contribution in [0.1, 0.15) is 60.4 Å². The molecule has 3 fully saturated rings. The number of nitrogens with zero attached hydrogens (tertiary/aromatic N) is 2. The standard InChI is InChI=1S/C23H25F2N3O4S/c24-15-5-8-22(26-12-15)28-9-1-2-16(13-28)32-21-11-20(25)19(10-18(21)14-3-4-14)23(29)27-33(30,31)17-6-7-17/h5,8,10-12,14,16-17H,1-4,6-7,9,13H2,(H,27,29). The number of anilines is 1. The number of amides is 1. The van der Waals surface area contributed by atoms with Crippen molar-refractivity contribution in [2.45, 2.75) is 55.8 Å². The minimum Gasteiger partial charge on any atom is -0.488 e. The number of pyridine rings is 1. The van der Waals surface area contributed by atoms with Crippen molar-refractivity contribution in [2.24, 2.45) is 0 Å². The summed E-state index contributed by atoms with van der Waals surface area (Å²) >= 11 is 0. The first-order chi connectivity index (χ1) is 15.8. The molecular weight excluding hydrogens is 452 g/mol. The lowest BCUT2D eigenvalue weighted by molar-refractivity contribution is 0.0977. The van der Waals surface area contributed by atoms with Crippen molar-refractivity contribution in [1.82, 2.24) is 9.71 Å². The molecule has 1 N–H and O–H groups in total. The highest BCUT2D eigenvalue weighted by molar-refractivity contribution is 7.91. The molecule has 1 aromatic carbocycles. The molecule has 2 saturated carbocycles. The molecule has 1 aliphatic heterocycles. The van der Waals surface area contributed by atoms with Crippen LogP contribution in [0.2, 0.25) is 0 Å². The Kier molecular flexibility index (Phi) is 5.72. The molecule has 2 aliphatic carbocycles. The van der Waals surface area contributed by atoms with E-state index in [2.05, 4.69) is 4.98 Å². The molecule has 3 aliphatic rings. The number of carbonyl (C=O) groups excluding carboxylic acids is 1. The summed E-state index contributed by atoms with van der Waals surface area (Å²) in [5.41, 5.74) is 0.441. The van der Waals surface area contributed by atoms with Gasteiger partial charge in [0.1, 0.15) is 29.3 Å². The summed E-state index contributed by atoms with van der Waals surface area (Å²) in [5.74, 6) is -0.963. The van der Waals surface area contributed by atoms with Crippen LogP contribution >= 0.6 is 0 Å². The van der Waals surface area contributed by atoms with Crippen LogP contribution in [-0.2, 0) is 10.0 Å². The van der Waals surface area contributed by atoms with Crippen LogP contribution in [0.3, 0.4) is 0 Å². The zero-order valence-electron chi connectivity index (χ0n) is 18.0. The van der Waals surface area contributed by atoms with Gasteiger partial charge >= 0.3 is 0 Å². The van der Waals surface area contributed by atoms with Gasteiger partial charge in [-0.1, -0.05) is 0 Å². The molecule has 0 spiro atoms. The van der Waals surface area contributed by atoms with Crippen molar-refractivity contribution in [2.75, 3.05) is 18.0 Å². The Balaban J connectivity index is 1.34. The van der Waals surface area contributed by atoms with Crippen LogP contribution in [0.5, 0.6) is 5.75 Å². The van der Waals surface area contributed by atoms with Gasteiger partial charge in [-0.05, 0) is 68.2 Å². The van der Waals surface area contributed by atoms with Gasteiger partial charge in [0.15, 0.2) is 0 Å². The third-order valence-corrected chi connectivity index (χ3v) is 8.09. The van der Waals surface area contributed by atoms with E-state index in [1.54, 1.807) is 6.07 Å². The zero-order valence-corrected chi connectivity index (χ0v) is 18.8. The average molecular weight is 478 g/mol. The lowest BCUT2D eigenvalue weighted by Crippen LogP contribution is -2.41. The fourth-order valence-electron chi connectivity index (χ4n) is 4.18. The summed E-state index contributed by atoms with van der Waals surface area (Å²) in [4.78, 5) is 18.7. The maximum absolute atomic E-state index is 14.9. The van der Waals surface area contributed by atoms with Crippen molar-refractivity contribution in [3.63, 3.8) is 0 Å². The molecule has 33 heavy (non-hydrogen) atoms.